The van der Waals surface area contributed by atoms with Crippen LogP contribution in [-0.4, -0.2) is 44.6 Å². The number of carbonyl (C=O) groups excluding carboxylic acids is 1. The third-order valence-electron chi connectivity index (χ3n) is 3.18. The highest BCUT2D eigenvalue weighted by Gasteiger charge is 2.47. The van der Waals surface area contributed by atoms with Gasteiger partial charge in [0.1, 0.15) is 11.2 Å². The molecule has 0 radical (unpaired) electrons. The second kappa shape index (κ2) is 5.09. The van der Waals surface area contributed by atoms with Gasteiger partial charge < -0.3 is 14.7 Å². The monoisotopic (exact) mass is 281 g/mol. The molecule has 1 N–H and O–H groups in total. The Bertz CT molecular complexity index is 484. The first-order valence-electron chi connectivity index (χ1n) is 6.97. The van der Waals surface area contributed by atoms with Crippen molar-refractivity contribution in [3.63, 3.8) is 0 Å². The van der Waals surface area contributed by atoms with Gasteiger partial charge in [-0.15, -0.1) is 0 Å². The number of carbonyl (C=O) groups is 1. The second-order valence-corrected chi connectivity index (χ2v) is 6.36. The molecule has 2 heterocycles. The molecule has 1 aromatic heterocycles. The Labute approximate surface area is 119 Å². The van der Waals surface area contributed by atoms with E-state index in [0.29, 0.717) is 0 Å². The summed E-state index contributed by atoms with van der Waals surface area (Å²) >= 11 is 0. The molecule has 1 saturated heterocycles. The molecule has 1 fully saturated rings. The van der Waals surface area contributed by atoms with Crippen molar-refractivity contribution in [2.45, 2.75) is 51.9 Å². The molecule has 6 heteroatoms. The molecule has 1 aromatic rings. The lowest BCUT2D eigenvalue weighted by Crippen LogP contribution is -2.61. The topological polar surface area (TPSA) is 67.6 Å². The molecule has 6 nitrogen and oxygen atoms in total. The van der Waals surface area contributed by atoms with Gasteiger partial charge >= 0.3 is 6.09 Å². The summed E-state index contributed by atoms with van der Waals surface area (Å²) < 4.78 is 7.08. The van der Waals surface area contributed by atoms with Gasteiger partial charge in [-0.25, -0.2) is 4.79 Å². The molecule has 0 aliphatic carbocycles. The fourth-order valence-electron chi connectivity index (χ4n) is 2.18. The van der Waals surface area contributed by atoms with E-state index in [1.807, 2.05) is 31.6 Å². The first-order valence-corrected chi connectivity index (χ1v) is 6.97. The zero-order chi connectivity index (χ0) is 15.0. The van der Waals surface area contributed by atoms with Crippen LogP contribution in [0.3, 0.4) is 0 Å². The Hall–Kier alpha value is -1.56. The summed E-state index contributed by atoms with van der Waals surface area (Å²) in [6.45, 7) is 8.87. The van der Waals surface area contributed by atoms with Crippen molar-refractivity contribution >= 4 is 6.09 Å². The molecule has 112 valence electrons. The summed E-state index contributed by atoms with van der Waals surface area (Å²) in [5, 5.41) is 14.7. The van der Waals surface area contributed by atoms with Crippen LogP contribution in [0.25, 0.3) is 0 Å². The zero-order valence-electron chi connectivity index (χ0n) is 12.6. The fraction of sp³-hybridized carbons (Fsp3) is 0.714. The van der Waals surface area contributed by atoms with Crippen LogP contribution in [0.1, 0.15) is 39.7 Å². The Morgan fingerprint density at radius 3 is 2.70 bits per heavy atom. The maximum atomic E-state index is 11.8. The molecular formula is C14H23N3O3. The summed E-state index contributed by atoms with van der Waals surface area (Å²) in [6.07, 6.45) is 4.12. The van der Waals surface area contributed by atoms with E-state index in [9.17, 15) is 9.90 Å². The molecule has 1 aliphatic rings. The quantitative estimate of drug-likeness (QED) is 0.916. The number of amides is 1. The molecule has 20 heavy (non-hydrogen) atoms. The second-order valence-electron chi connectivity index (χ2n) is 6.36. The van der Waals surface area contributed by atoms with Gasteiger partial charge in [-0.3, -0.25) is 4.68 Å². The standard InChI is InChI=1S/C14H23N3O3/c1-5-6-17-8-11(7-15-17)14(19)9-16(10-14)12(18)20-13(2,3)4/h7-8,19H,5-6,9-10H2,1-4H3. The van der Waals surface area contributed by atoms with Crippen molar-refractivity contribution in [1.29, 1.82) is 0 Å². The number of ether oxygens (including phenoxy) is 1. The van der Waals surface area contributed by atoms with Gasteiger partial charge in [-0.05, 0) is 27.2 Å². The maximum absolute atomic E-state index is 11.8. The van der Waals surface area contributed by atoms with Crippen molar-refractivity contribution in [3.05, 3.63) is 18.0 Å². The summed E-state index contributed by atoms with van der Waals surface area (Å²) in [5.74, 6) is 0. The van der Waals surface area contributed by atoms with Gasteiger partial charge in [0, 0.05) is 18.3 Å². The van der Waals surface area contributed by atoms with Gasteiger partial charge in [-0.1, -0.05) is 6.92 Å². The van der Waals surface area contributed by atoms with Crippen LogP contribution >= 0.6 is 0 Å². The van der Waals surface area contributed by atoms with Crippen LogP contribution < -0.4 is 0 Å². The van der Waals surface area contributed by atoms with E-state index in [0.717, 1.165) is 18.5 Å². The van der Waals surface area contributed by atoms with Crippen LogP contribution in [0, 0.1) is 0 Å². The van der Waals surface area contributed by atoms with Crippen molar-refractivity contribution in [2.24, 2.45) is 0 Å². The van der Waals surface area contributed by atoms with Crippen molar-refractivity contribution < 1.29 is 14.6 Å². The number of rotatable bonds is 3. The molecule has 0 bridgehead atoms. The summed E-state index contributed by atoms with van der Waals surface area (Å²) in [4.78, 5) is 13.3. The number of aromatic nitrogens is 2. The van der Waals surface area contributed by atoms with E-state index in [4.69, 9.17) is 4.74 Å². The van der Waals surface area contributed by atoms with Crippen LogP contribution in [-0.2, 0) is 16.9 Å². The number of nitrogens with zero attached hydrogens (tertiary/aromatic N) is 3. The van der Waals surface area contributed by atoms with Crippen molar-refractivity contribution in [1.82, 2.24) is 14.7 Å². The maximum Gasteiger partial charge on any atom is 0.410 e. The summed E-state index contributed by atoms with van der Waals surface area (Å²) in [5.41, 5.74) is -0.759. The molecule has 0 spiro atoms. The smallest absolute Gasteiger partial charge is 0.410 e. The SMILES string of the molecule is CCCn1cc(C2(O)CN(C(=O)OC(C)(C)C)C2)cn1. The number of likely N-dealkylation sites (tertiary alicyclic amines) is 1. The van der Waals surface area contributed by atoms with Crippen molar-refractivity contribution in [3.8, 4) is 0 Å². The lowest BCUT2D eigenvalue weighted by molar-refractivity contribution is -0.103. The minimum Gasteiger partial charge on any atom is -0.444 e. The predicted octanol–water partition coefficient (Wildman–Crippen LogP) is 1.73. The van der Waals surface area contributed by atoms with Gasteiger partial charge in [0.15, 0.2) is 0 Å². The van der Waals surface area contributed by atoms with E-state index in [1.54, 1.807) is 6.20 Å². The number of aryl methyl sites for hydroxylation is 1. The summed E-state index contributed by atoms with van der Waals surface area (Å²) in [7, 11) is 0. The fourth-order valence-corrected chi connectivity index (χ4v) is 2.18. The highest BCUT2D eigenvalue weighted by atomic mass is 16.6. The van der Waals surface area contributed by atoms with E-state index in [1.165, 1.54) is 4.90 Å². The van der Waals surface area contributed by atoms with Gasteiger partial charge in [0.25, 0.3) is 0 Å². The number of hydrogen-bond acceptors (Lipinski definition) is 4. The zero-order valence-corrected chi connectivity index (χ0v) is 12.6. The highest BCUT2D eigenvalue weighted by Crippen LogP contribution is 2.32. The van der Waals surface area contributed by atoms with E-state index < -0.39 is 11.2 Å². The normalized spacial score (nSPS) is 17.8. The Morgan fingerprint density at radius 1 is 1.50 bits per heavy atom. The molecule has 1 amide bonds. The number of aliphatic hydroxyl groups is 1. The molecule has 0 aromatic carbocycles. The predicted molar refractivity (Wildman–Crippen MR) is 74.2 cm³/mol. The molecular weight excluding hydrogens is 258 g/mol. The molecule has 2 rings (SSSR count). The largest absolute Gasteiger partial charge is 0.444 e. The Kier molecular flexibility index (Phi) is 3.77. The highest BCUT2D eigenvalue weighted by molar-refractivity contribution is 5.69. The van der Waals surface area contributed by atoms with Crippen LogP contribution in [0.4, 0.5) is 4.79 Å². The van der Waals surface area contributed by atoms with Crippen LogP contribution in [0.5, 0.6) is 0 Å². The van der Waals surface area contributed by atoms with Crippen molar-refractivity contribution in [2.75, 3.05) is 13.1 Å². The van der Waals surface area contributed by atoms with Gasteiger partial charge in [-0.2, -0.15) is 5.10 Å². The third kappa shape index (κ3) is 3.12. The Morgan fingerprint density at radius 2 is 2.15 bits per heavy atom. The molecule has 1 aliphatic heterocycles. The average Bonchev–Trinajstić information content (AvgIpc) is 2.71. The lowest BCUT2D eigenvalue weighted by Gasteiger charge is -2.45. The Balaban J connectivity index is 1.94. The third-order valence-corrected chi connectivity index (χ3v) is 3.18. The van der Waals surface area contributed by atoms with Gasteiger partial charge in [0.05, 0.1) is 19.3 Å². The van der Waals surface area contributed by atoms with Crippen LogP contribution in [0.15, 0.2) is 12.4 Å². The minimum absolute atomic E-state index is 0.250. The van der Waals surface area contributed by atoms with E-state index >= 15 is 0 Å². The molecule has 0 saturated carbocycles. The summed E-state index contributed by atoms with van der Waals surface area (Å²) in [6, 6.07) is 0. The minimum atomic E-state index is -0.997. The average molecular weight is 281 g/mol. The van der Waals surface area contributed by atoms with E-state index in [-0.39, 0.29) is 19.2 Å². The number of hydrogen-bond donors (Lipinski definition) is 1. The van der Waals surface area contributed by atoms with Crippen LogP contribution in [0.2, 0.25) is 0 Å². The first-order chi connectivity index (χ1) is 9.23. The van der Waals surface area contributed by atoms with E-state index in [2.05, 4.69) is 12.0 Å². The lowest BCUT2D eigenvalue weighted by atomic mass is 9.89. The molecule has 0 unspecified atom stereocenters. The van der Waals surface area contributed by atoms with Gasteiger partial charge in [0.2, 0.25) is 0 Å². The first kappa shape index (κ1) is 14.8. The molecule has 0 atom stereocenters. The number of β-amino-alcohol motifs (C(OH)–C–C–N with tert-alkyl or cyclic N) is 1.